The number of thiophene rings is 1. The lowest BCUT2D eigenvalue weighted by atomic mass is 9.89. The summed E-state index contributed by atoms with van der Waals surface area (Å²) in [5.74, 6) is 0.924. The van der Waals surface area contributed by atoms with E-state index in [1.165, 1.54) is 37.6 Å². The van der Waals surface area contributed by atoms with Crippen LogP contribution in [0.25, 0.3) is 10.1 Å². The maximum atomic E-state index is 11.8. The number of ether oxygens (including phenoxy) is 2. The topological polar surface area (TPSA) is 78.6 Å². The Hall–Kier alpha value is -2.52. The molecule has 3 aromatic carbocycles. The van der Waals surface area contributed by atoms with Gasteiger partial charge in [-0.05, 0) is 47.5 Å². The zero-order valence-corrected chi connectivity index (χ0v) is 20.4. The highest BCUT2D eigenvalue weighted by atomic mass is 32.2. The monoisotopic (exact) mass is 497 g/mol. The normalized spacial score (nSPS) is 17.0. The number of benzene rings is 3. The number of thioether (sulfide) groups is 1. The van der Waals surface area contributed by atoms with Crippen molar-refractivity contribution in [2.24, 2.45) is 5.14 Å². The second-order valence-corrected chi connectivity index (χ2v) is 11.4. The summed E-state index contributed by atoms with van der Waals surface area (Å²) in [5.41, 5.74) is 1.21. The fourth-order valence-corrected chi connectivity index (χ4v) is 6.64. The molecule has 8 heteroatoms. The second kappa shape index (κ2) is 9.02. The van der Waals surface area contributed by atoms with Gasteiger partial charge in [0, 0.05) is 27.0 Å². The molecule has 0 amide bonds. The average Bonchev–Trinajstić information content (AvgIpc) is 3.11. The zero-order valence-electron chi connectivity index (χ0n) is 17.9. The third-order valence-corrected chi connectivity index (χ3v) is 8.70. The van der Waals surface area contributed by atoms with Crippen molar-refractivity contribution in [1.82, 2.24) is 0 Å². The summed E-state index contributed by atoms with van der Waals surface area (Å²) < 4.78 is 37.2. The lowest BCUT2D eigenvalue weighted by molar-refractivity contribution is 0.173. The van der Waals surface area contributed by atoms with Gasteiger partial charge in [0.05, 0.1) is 17.4 Å². The van der Waals surface area contributed by atoms with Gasteiger partial charge < -0.3 is 9.47 Å². The summed E-state index contributed by atoms with van der Waals surface area (Å²) in [6.07, 6.45) is 2.55. The van der Waals surface area contributed by atoms with Crippen LogP contribution in [0.3, 0.4) is 0 Å². The van der Waals surface area contributed by atoms with Crippen LogP contribution in [0.1, 0.15) is 22.8 Å². The van der Waals surface area contributed by atoms with E-state index in [1.54, 1.807) is 29.2 Å². The van der Waals surface area contributed by atoms with Crippen LogP contribution >= 0.6 is 23.1 Å². The van der Waals surface area contributed by atoms with E-state index in [1.807, 2.05) is 0 Å². The van der Waals surface area contributed by atoms with Crippen LogP contribution in [-0.2, 0) is 10.0 Å². The van der Waals surface area contributed by atoms with Crippen molar-refractivity contribution in [3.05, 3.63) is 83.2 Å². The van der Waals surface area contributed by atoms with E-state index < -0.39 is 10.0 Å². The molecule has 5 nitrogen and oxygen atoms in total. The van der Waals surface area contributed by atoms with E-state index >= 15 is 0 Å². The Balaban J connectivity index is 1.61. The first-order valence-corrected chi connectivity index (χ1v) is 14.1. The van der Waals surface area contributed by atoms with Crippen molar-refractivity contribution in [2.45, 2.75) is 28.2 Å². The van der Waals surface area contributed by atoms with Gasteiger partial charge in [0.1, 0.15) is 6.10 Å². The van der Waals surface area contributed by atoms with Crippen molar-refractivity contribution in [3.8, 4) is 11.5 Å². The average molecular weight is 498 g/mol. The largest absolute Gasteiger partial charge is 0.490 e. The molecule has 2 atom stereocenters. The van der Waals surface area contributed by atoms with E-state index in [4.69, 9.17) is 14.6 Å². The summed E-state index contributed by atoms with van der Waals surface area (Å²) in [4.78, 5) is 2.45. The molecule has 1 aromatic heterocycles. The van der Waals surface area contributed by atoms with Gasteiger partial charge in [0.2, 0.25) is 10.0 Å². The molecule has 0 aliphatic carbocycles. The summed E-state index contributed by atoms with van der Waals surface area (Å²) in [6, 6.07) is 23.6. The van der Waals surface area contributed by atoms with E-state index in [0.717, 1.165) is 0 Å². The molecule has 2 N–H and O–H groups in total. The number of primary sulfonamides is 1. The van der Waals surface area contributed by atoms with E-state index in [2.05, 4.69) is 60.9 Å². The maximum absolute atomic E-state index is 11.8. The molecule has 1 unspecified atom stereocenters. The van der Waals surface area contributed by atoms with Crippen molar-refractivity contribution in [1.29, 1.82) is 0 Å². The molecular formula is C25H23NO4S3. The van der Waals surface area contributed by atoms with E-state index in [0.29, 0.717) is 24.5 Å². The minimum Gasteiger partial charge on any atom is -0.490 e. The quantitative estimate of drug-likeness (QED) is 0.362. The Kier molecular flexibility index (Phi) is 6.09. The van der Waals surface area contributed by atoms with Crippen molar-refractivity contribution in [3.63, 3.8) is 0 Å². The van der Waals surface area contributed by atoms with Gasteiger partial charge in [-0.15, -0.1) is 23.1 Å². The Morgan fingerprint density at radius 1 is 1.03 bits per heavy atom. The molecule has 0 saturated heterocycles. The van der Waals surface area contributed by atoms with Crippen molar-refractivity contribution in [2.75, 3.05) is 12.9 Å². The first kappa shape index (κ1) is 22.3. The van der Waals surface area contributed by atoms with Crippen molar-refractivity contribution < 1.29 is 17.9 Å². The molecule has 1 aliphatic heterocycles. The van der Waals surface area contributed by atoms with Gasteiger partial charge >= 0.3 is 0 Å². The molecule has 0 saturated carbocycles. The minimum absolute atomic E-state index is 0.00137. The van der Waals surface area contributed by atoms with Gasteiger partial charge in [-0.2, -0.15) is 0 Å². The Morgan fingerprint density at radius 2 is 1.82 bits per heavy atom. The van der Waals surface area contributed by atoms with Crippen LogP contribution in [-0.4, -0.2) is 27.4 Å². The molecular weight excluding hydrogens is 474 g/mol. The van der Waals surface area contributed by atoms with Crippen LogP contribution in [0.15, 0.2) is 82.6 Å². The SMILES string of the molecule is CSc1ccccc1[C@H](c1cc2ccccc2s1)C1CCOc2cc(S(N)(=O)=O)ccc2O1. The summed E-state index contributed by atoms with van der Waals surface area (Å²) in [5, 5.41) is 6.52. The lowest BCUT2D eigenvalue weighted by Gasteiger charge is -2.27. The molecule has 0 bridgehead atoms. The second-order valence-electron chi connectivity index (χ2n) is 7.85. The van der Waals surface area contributed by atoms with E-state index in [9.17, 15) is 8.42 Å². The number of fused-ring (bicyclic) bond motifs is 2. The van der Waals surface area contributed by atoms with Gasteiger partial charge in [-0.3, -0.25) is 0 Å². The number of rotatable bonds is 5. The molecule has 4 aromatic rings. The molecule has 2 heterocycles. The smallest absolute Gasteiger partial charge is 0.238 e. The molecule has 170 valence electrons. The van der Waals surface area contributed by atoms with Crippen LogP contribution in [0.5, 0.6) is 11.5 Å². The summed E-state index contributed by atoms with van der Waals surface area (Å²) in [6.45, 7) is 0.411. The molecule has 33 heavy (non-hydrogen) atoms. The highest BCUT2D eigenvalue weighted by Crippen LogP contribution is 2.44. The highest BCUT2D eigenvalue weighted by Gasteiger charge is 2.32. The number of sulfonamides is 1. The van der Waals surface area contributed by atoms with Crippen LogP contribution in [0.2, 0.25) is 0 Å². The van der Waals surface area contributed by atoms with Crippen LogP contribution < -0.4 is 14.6 Å². The highest BCUT2D eigenvalue weighted by molar-refractivity contribution is 7.98. The number of nitrogens with two attached hydrogens (primary N) is 1. The summed E-state index contributed by atoms with van der Waals surface area (Å²) >= 11 is 3.50. The first-order chi connectivity index (χ1) is 15.9. The van der Waals surface area contributed by atoms with Crippen molar-refractivity contribution >= 4 is 43.2 Å². The Bertz CT molecular complexity index is 1380. The van der Waals surface area contributed by atoms with Gasteiger partial charge in [-0.1, -0.05) is 36.4 Å². The predicted octanol–water partition coefficient (Wildman–Crippen LogP) is 5.63. The third kappa shape index (κ3) is 4.48. The maximum Gasteiger partial charge on any atom is 0.238 e. The number of hydrogen-bond donors (Lipinski definition) is 1. The number of hydrogen-bond acceptors (Lipinski definition) is 6. The molecule has 0 spiro atoms. The van der Waals surface area contributed by atoms with Gasteiger partial charge in [0.15, 0.2) is 11.5 Å². The Morgan fingerprint density at radius 3 is 2.61 bits per heavy atom. The summed E-state index contributed by atoms with van der Waals surface area (Å²) in [7, 11) is -3.82. The zero-order chi connectivity index (χ0) is 23.0. The first-order valence-electron chi connectivity index (χ1n) is 10.5. The lowest BCUT2D eigenvalue weighted by Crippen LogP contribution is -2.27. The fourth-order valence-electron chi connectivity index (χ4n) is 4.23. The van der Waals surface area contributed by atoms with Gasteiger partial charge in [0.25, 0.3) is 0 Å². The molecule has 0 fully saturated rings. The molecule has 0 radical (unpaired) electrons. The van der Waals surface area contributed by atoms with Gasteiger partial charge in [-0.25, -0.2) is 13.6 Å². The minimum atomic E-state index is -3.82. The van der Waals surface area contributed by atoms with Crippen LogP contribution in [0, 0.1) is 0 Å². The Labute approximate surface area is 201 Å². The standard InChI is InChI=1S/C25H23NO4S3/c1-31-23-9-5-3-7-18(23)25(24-14-16-6-2-4-8-22(16)32-24)20-12-13-29-21-15-17(33(26,27)28)10-11-19(21)30-20/h2-11,14-15,20,25H,12-13H2,1H3,(H2,26,27,28)/t20?,25-/m0/s1. The third-order valence-electron chi connectivity index (χ3n) is 5.78. The van der Waals surface area contributed by atoms with Crippen LogP contribution in [0.4, 0.5) is 0 Å². The predicted molar refractivity (Wildman–Crippen MR) is 134 cm³/mol. The molecule has 5 rings (SSSR count). The molecule has 1 aliphatic rings. The fraction of sp³-hybridized carbons (Fsp3) is 0.200. The van der Waals surface area contributed by atoms with E-state index in [-0.39, 0.29) is 16.9 Å².